The Morgan fingerprint density at radius 2 is 2.14 bits per heavy atom. The minimum absolute atomic E-state index is 0.00711. The Morgan fingerprint density at radius 3 is 2.71 bits per heavy atom. The Kier molecular flexibility index (Phi) is 4.26. The number of benzene rings is 1. The van der Waals surface area contributed by atoms with Gasteiger partial charge in [0.15, 0.2) is 5.84 Å². The molecule has 1 saturated heterocycles. The van der Waals surface area contributed by atoms with Crippen LogP contribution in [0.15, 0.2) is 23.4 Å². The molecule has 1 heterocycles. The van der Waals surface area contributed by atoms with Crippen LogP contribution in [0.4, 0.5) is 18.9 Å². The van der Waals surface area contributed by atoms with E-state index in [1.165, 1.54) is 6.07 Å². The molecule has 116 valence electrons. The Hall–Kier alpha value is -1.96. The predicted octanol–water partition coefficient (Wildman–Crippen LogP) is 1.76. The normalized spacial score (nSPS) is 20.1. The van der Waals surface area contributed by atoms with Crippen LogP contribution in [0.2, 0.25) is 0 Å². The number of amidine groups is 1. The fraction of sp³-hybridized carbons (Fsp3) is 0.462. The van der Waals surface area contributed by atoms with E-state index in [1.807, 2.05) is 0 Å². The van der Waals surface area contributed by atoms with Gasteiger partial charge in [0.25, 0.3) is 0 Å². The van der Waals surface area contributed by atoms with Crippen molar-refractivity contribution in [1.29, 1.82) is 0 Å². The summed E-state index contributed by atoms with van der Waals surface area (Å²) in [7, 11) is 0. The summed E-state index contributed by atoms with van der Waals surface area (Å²) in [4.78, 5) is 1.79. The largest absolute Gasteiger partial charge is 0.416 e. The van der Waals surface area contributed by atoms with Crippen molar-refractivity contribution in [3.63, 3.8) is 0 Å². The quantitative estimate of drug-likeness (QED) is 0.344. The maximum Gasteiger partial charge on any atom is 0.416 e. The first-order valence-corrected chi connectivity index (χ1v) is 6.45. The lowest BCUT2D eigenvalue weighted by Crippen LogP contribution is -2.34. The van der Waals surface area contributed by atoms with Gasteiger partial charge in [-0.2, -0.15) is 13.2 Å². The van der Waals surface area contributed by atoms with Crippen molar-refractivity contribution in [2.24, 2.45) is 10.9 Å². The molecule has 0 saturated carbocycles. The van der Waals surface area contributed by atoms with Crippen molar-refractivity contribution in [2.75, 3.05) is 18.1 Å². The number of anilines is 1. The van der Waals surface area contributed by atoms with Crippen molar-refractivity contribution < 1.29 is 23.5 Å². The molecule has 0 bridgehead atoms. The minimum atomic E-state index is -4.51. The number of oxime groups is 1. The van der Waals surface area contributed by atoms with Crippen LogP contribution in [0.1, 0.15) is 24.0 Å². The van der Waals surface area contributed by atoms with E-state index < -0.39 is 11.7 Å². The third-order valence-corrected chi connectivity index (χ3v) is 3.60. The summed E-state index contributed by atoms with van der Waals surface area (Å²) in [6, 6.07) is 2.93. The molecule has 1 unspecified atom stereocenters. The molecule has 0 spiro atoms. The topological polar surface area (TPSA) is 82.1 Å². The molecule has 0 amide bonds. The number of hydrogen-bond acceptors (Lipinski definition) is 4. The second-order valence-corrected chi connectivity index (χ2v) is 4.89. The molecule has 1 aromatic carbocycles. The van der Waals surface area contributed by atoms with E-state index in [1.54, 1.807) is 4.90 Å². The van der Waals surface area contributed by atoms with E-state index in [2.05, 4.69) is 5.16 Å². The zero-order chi connectivity index (χ0) is 15.6. The Labute approximate surface area is 119 Å². The van der Waals surface area contributed by atoms with Crippen molar-refractivity contribution in [3.05, 3.63) is 29.3 Å². The molecule has 8 heteroatoms. The van der Waals surface area contributed by atoms with Gasteiger partial charge in [0.1, 0.15) is 0 Å². The van der Waals surface area contributed by atoms with Crippen LogP contribution < -0.4 is 10.6 Å². The van der Waals surface area contributed by atoms with Gasteiger partial charge in [0.05, 0.1) is 18.2 Å². The monoisotopic (exact) mass is 303 g/mol. The van der Waals surface area contributed by atoms with Gasteiger partial charge < -0.3 is 20.9 Å². The number of rotatable bonds is 3. The number of hydrogen-bond donors (Lipinski definition) is 3. The first kappa shape index (κ1) is 15.4. The van der Waals surface area contributed by atoms with Crippen LogP contribution in [-0.4, -0.2) is 35.3 Å². The first-order valence-electron chi connectivity index (χ1n) is 6.45. The lowest BCUT2D eigenvalue weighted by atomic mass is 10.1. The second-order valence-electron chi connectivity index (χ2n) is 4.89. The Balaban J connectivity index is 2.50. The lowest BCUT2D eigenvalue weighted by molar-refractivity contribution is -0.137. The fourth-order valence-corrected chi connectivity index (χ4v) is 2.56. The van der Waals surface area contributed by atoms with Gasteiger partial charge >= 0.3 is 6.18 Å². The third-order valence-electron chi connectivity index (χ3n) is 3.60. The second kappa shape index (κ2) is 5.80. The molecule has 1 aromatic rings. The highest BCUT2D eigenvalue weighted by Gasteiger charge is 2.33. The molecule has 5 nitrogen and oxygen atoms in total. The number of aliphatic hydroxyl groups is 1. The molecule has 21 heavy (non-hydrogen) atoms. The number of halogens is 3. The van der Waals surface area contributed by atoms with E-state index in [0.29, 0.717) is 12.2 Å². The summed E-state index contributed by atoms with van der Waals surface area (Å²) in [6.45, 7) is 0.499. The summed E-state index contributed by atoms with van der Waals surface area (Å²) in [5.74, 6) is -0.389. The van der Waals surface area contributed by atoms with E-state index in [9.17, 15) is 18.3 Å². The highest BCUT2D eigenvalue weighted by Crippen LogP contribution is 2.35. The smallest absolute Gasteiger partial charge is 0.409 e. The summed E-state index contributed by atoms with van der Waals surface area (Å²) in [6.07, 6.45) is -2.95. The third kappa shape index (κ3) is 3.05. The first-order chi connectivity index (χ1) is 9.88. The summed E-state index contributed by atoms with van der Waals surface area (Å²) >= 11 is 0. The number of nitrogens with two attached hydrogens (primary N) is 1. The lowest BCUT2D eigenvalue weighted by Gasteiger charge is -2.27. The summed E-state index contributed by atoms with van der Waals surface area (Å²) in [5, 5.41) is 20.9. The highest BCUT2D eigenvalue weighted by molar-refractivity contribution is 6.02. The molecule has 1 fully saturated rings. The van der Waals surface area contributed by atoms with Gasteiger partial charge in [-0.3, -0.25) is 0 Å². The summed E-state index contributed by atoms with van der Waals surface area (Å²) < 4.78 is 38.4. The van der Waals surface area contributed by atoms with Crippen LogP contribution in [-0.2, 0) is 6.18 Å². The number of nitrogens with zero attached hydrogens (tertiary/aromatic N) is 2. The fourth-order valence-electron chi connectivity index (χ4n) is 2.56. The highest BCUT2D eigenvalue weighted by atomic mass is 19.4. The molecule has 4 N–H and O–H groups in total. The van der Waals surface area contributed by atoms with Crippen molar-refractivity contribution >= 4 is 11.5 Å². The minimum Gasteiger partial charge on any atom is -0.409 e. The van der Waals surface area contributed by atoms with Gasteiger partial charge in [-0.15, -0.1) is 0 Å². The SMILES string of the molecule is NC(=NO)c1cc(C(F)(F)F)ccc1N1CCCC1CO. The molecular formula is C13H16F3N3O2. The molecule has 2 rings (SSSR count). The van der Waals surface area contributed by atoms with Gasteiger partial charge in [0, 0.05) is 17.8 Å². The van der Waals surface area contributed by atoms with Gasteiger partial charge in [-0.25, -0.2) is 0 Å². The van der Waals surface area contributed by atoms with Crippen LogP contribution in [0.5, 0.6) is 0 Å². The van der Waals surface area contributed by atoms with Crippen molar-refractivity contribution in [1.82, 2.24) is 0 Å². The van der Waals surface area contributed by atoms with Crippen molar-refractivity contribution in [3.8, 4) is 0 Å². The van der Waals surface area contributed by atoms with Crippen LogP contribution in [0.25, 0.3) is 0 Å². The molecular weight excluding hydrogens is 287 g/mol. The molecule has 0 aliphatic carbocycles. The van der Waals surface area contributed by atoms with E-state index >= 15 is 0 Å². The van der Waals surface area contributed by atoms with Crippen molar-refractivity contribution in [2.45, 2.75) is 25.1 Å². The maximum absolute atomic E-state index is 12.8. The number of aliphatic hydroxyl groups excluding tert-OH is 1. The maximum atomic E-state index is 12.8. The molecule has 0 aromatic heterocycles. The number of alkyl halides is 3. The molecule has 1 aliphatic rings. The van der Waals surface area contributed by atoms with Crippen LogP contribution in [0.3, 0.4) is 0 Å². The molecule has 1 atom stereocenters. The standard InChI is InChI=1S/C13H16F3N3O2/c14-13(15,16)8-3-4-11(10(6-8)12(17)18-21)19-5-1-2-9(19)7-20/h3-4,6,9,20-21H,1-2,5,7H2,(H2,17,18). The zero-order valence-electron chi connectivity index (χ0n) is 11.1. The van der Waals surface area contributed by atoms with E-state index in [0.717, 1.165) is 25.0 Å². The zero-order valence-corrected chi connectivity index (χ0v) is 11.1. The molecule has 1 aliphatic heterocycles. The Morgan fingerprint density at radius 1 is 1.43 bits per heavy atom. The molecule has 0 radical (unpaired) electrons. The Bertz CT molecular complexity index is 546. The van der Waals surface area contributed by atoms with Gasteiger partial charge in [0.2, 0.25) is 0 Å². The van der Waals surface area contributed by atoms with Gasteiger partial charge in [-0.1, -0.05) is 5.16 Å². The van der Waals surface area contributed by atoms with Crippen LogP contribution in [0, 0.1) is 0 Å². The summed E-state index contributed by atoms with van der Waals surface area (Å²) in [5.41, 5.74) is 5.07. The average molecular weight is 303 g/mol. The predicted molar refractivity (Wildman–Crippen MR) is 71.4 cm³/mol. The van der Waals surface area contributed by atoms with Crippen LogP contribution >= 0.6 is 0 Å². The van der Waals surface area contributed by atoms with E-state index in [4.69, 9.17) is 10.9 Å². The van der Waals surface area contributed by atoms with Gasteiger partial charge in [-0.05, 0) is 31.0 Å². The van der Waals surface area contributed by atoms with E-state index in [-0.39, 0.29) is 24.0 Å². The average Bonchev–Trinajstić information content (AvgIpc) is 2.93.